The first-order valence-electron chi connectivity index (χ1n) is 14.8. The van der Waals surface area contributed by atoms with Crippen molar-refractivity contribution in [2.75, 3.05) is 13.2 Å². The second-order valence-corrected chi connectivity index (χ2v) is 14.4. The van der Waals surface area contributed by atoms with Gasteiger partial charge in [-0.05, 0) is 25.7 Å². The molecule has 0 spiro atoms. The van der Waals surface area contributed by atoms with Crippen molar-refractivity contribution in [3.63, 3.8) is 0 Å². The number of hydrogen-bond donors (Lipinski definition) is 0. The number of rotatable bonds is 23. The topological polar surface area (TPSA) is 52.6 Å². The van der Waals surface area contributed by atoms with Gasteiger partial charge in [-0.1, -0.05) is 78.1 Å². The van der Waals surface area contributed by atoms with Crippen LogP contribution in [0.5, 0.6) is 0 Å². The normalized spacial score (nSPS) is 10.9. The molecule has 0 fully saturated rings. The number of ether oxygens (including phenoxy) is 2. The minimum Gasteiger partial charge on any atom is -0.466 e. The monoisotopic (exact) mass is 604 g/mol. The van der Waals surface area contributed by atoms with E-state index in [1.807, 2.05) is 0 Å². The predicted molar refractivity (Wildman–Crippen MR) is 152 cm³/mol. The summed E-state index contributed by atoms with van der Waals surface area (Å²) in [5.41, 5.74) is 0. The molecule has 0 saturated carbocycles. The average molecular weight is 604 g/mol. The van der Waals surface area contributed by atoms with E-state index in [1.165, 1.54) is 51.4 Å². The van der Waals surface area contributed by atoms with Crippen LogP contribution >= 0.6 is 0 Å². The van der Waals surface area contributed by atoms with Crippen molar-refractivity contribution in [2.24, 2.45) is 11.8 Å². The zero-order valence-corrected chi connectivity index (χ0v) is 27.3. The van der Waals surface area contributed by atoms with Gasteiger partial charge in [-0.2, -0.15) is 0 Å². The van der Waals surface area contributed by atoms with Gasteiger partial charge in [0.2, 0.25) is 0 Å². The zero-order chi connectivity index (χ0) is 26.6. The Morgan fingerprint density at radius 3 is 1.23 bits per heavy atom. The zero-order valence-electron chi connectivity index (χ0n) is 24.4. The second-order valence-electron chi connectivity index (χ2n) is 10.6. The summed E-state index contributed by atoms with van der Waals surface area (Å²) >= 11 is 0.0709. The molecule has 0 aliphatic carbocycles. The fourth-order valence-corrected chi connectivity index (χ4v) is 7.25. The summed E-state index contributed by atoms with van der Waals surface area (Å²) in [6.07, 6.45) is 16.5. The molecule has 35 heavy (non-hydrogen) atoms. The molecule has 0 N–H and O–H groups in total. The van der Waals surface area contributed by atoms with Crippen LogP contribution in [0.15, 0.2) is 0 Å². The van der Waals surface area contributed by atoms with Crippen LogP contribution in [0.3, 0.4) is 0 Å². The summed E-state index contributed by atoms with van der Waals surface area (Å²) in [6.45, 7) is 14.8. The van der Waals surface area contributed by atoms with Gasteiger partial charge >= 0.3 is 81.5 Å². The molecule has 0 saturated heterocycles. The van der Waals surface area contributed by atoms with Crippen LogP contribution in [0.2, 0.25) is 8.87 Å². The number of carbonyl (C=O) groups excluding carboxylic acids is 2. The number of carbonyl (C=O) groups is 2. The maximum absolute atomic E-state index is 11.6. The molecule has 208 valence electrons. The Bertz CT molecular complexity index is 412. The largest absolute Gasteiger partial charge is 0.466 e. The van der Waals surface area contributed by atoms with E-state index in [9.17, 15) is 9.59 Å². The van der Waals surface area contributed by atoms with Crippen molar-refractivity contribution in [1.82, 2.24) is 0 Å². The number of esters is 2. The Morgan fingerprint density at radius 2 is 0.886 bits per heavy atom. The minimum absolute atomic E-state index is 0.0709. The molecule has 0 atom stereocenters. The molecule has 0 unspecified atom stereocenters. The summed E-state index contributed by atoms with van der Waals surface area (Å²) in [5, 5.41) is 0. The van der Waals surface area contributed by atoms with Crippen molar-refractivity contribution in [3.8, 4) is 0 Å². The van der Waals surface area contributed by atoms with Crippen molar-refractivity contribution < 1.29 is 19.1 Å². The molecule has 0 aromatic rings. The van der Waals surface area contributed by atoms with Crippen molar-refractivity contribution in [2.45, 2.75) is 153 Å². The standard InChI is InChI=1S/C22H42O4.2C4H9.Sn/c1-3-5-7-9-11-15-19-25-21(23)17-13-14-18-22(24)26-20-16-12-10-8-6-4-2;2*1-4(2)3;/h3-20H2,1-2H3;2*4H,1H2,2-3H3;. The van der Waals surface area contributed by atoms with Crippen molar-refractivity contribution in [3.05, 3.63) is 0 Å². The third-order valence-corrected chi connectivity index (χ3v) is 11.9. The third kappa shape index (κ3) is 36.0. The van der Waals surface area contributed by atoms with Crippen LogP contribution in [0.1, 0.15) is 144 Å². The molecule has 0 bridgehead atoms. The van der Waals surface area contributed by atoms with Gasteiger partial charge in [0.05, 0.1) is 13.2 Å². The van der Waals surface area contributed by atoms with Crippen molar-refractivity contribution >= 4 is 33.1 Å². The molecule has 0 amide bonds. The summed E-state index contributed by atoms with van der Waals surface area (Å²) in [4.78, 5) is 23.2. The van der Waals surface area contributed by atoms with Crippen LogP contribution in [-0.2, 0) is 19.1 Å². The van der Waals surface area contributed by atoms with Gasteiger partial charge in [0, 0.05) is 12.8 Å². The molecule has 0 aromatic carbocycles. The SMILES string of the molecule is CC(C)[CH2][Sn][CH2]C(C)C.CCCCCCCCOC(=O)CCCCC(=O)OCCCCCCCC. The van der Waals surface area contributed by atoms with Gasteiger partial charge in [-0.15, -0.1) is 0 Å². The quantitative estimate of drug-likeness (QED) is 0.0664. The maximum Gasteiger partial charge on any atom is 0.305 e. The van der Waals surface area contributed by atoms with Crippen LogP contribution in [-0.4, -0.2) is 46.3 Å². The van der Waals surface area contributed by atoms with E-state index in [0.29, 0.717) is 38.9 Å². The second kappa shape index (κ2) is 30.0. The van der Waals surface area contributed by atoms with E-state index in [1.54, 1.807) is 8.87 Å². The number of hydrogen-bond acceptors (Lipinski definition) is 4. The first-order valence-corrected chi connectivity index (χ1v) is 18.9. The van der Waals surface area contributed by atoms with Gasteiger partial charge < -0.3 is 9.47 Å². The Balaban J connectivity index is 0. The van der Waals surface area contributed by atoms with Crippen molar-refractivity contribution in [1.29, 1.82) is 0 Å². The van der Waals surface area contributed by atoms with E-state index in [2.05, 4.69) is 41.5 Å². The first-order chi connectivity index (χ1) is 16.8. The van der Waals surface area contributed by atoms with Crippen LogP contribution < -0.4 is 0 Å². The molecule has 2 radical (unpaired) electrons. The number of unbranched alkanes of at least 4 members (excludes halogenated alkanes) is 11. The molecule has 4 nitrogen and oxygen atoms in total. The summed E-state index contributed by atoms with van der Waals surface area (Å²) in [7, 11) is 0. The third-order valence-electron chi connectivity index (χ3n) is 5.64. The Kier molecular flexibility index (Phi) is 31.6. The summed E-state index contributed by atoms with van der Waals surface area (Å²) in [6, 6.07) is 0. The first kappa shape index (κ1) is 36.9. The Labute approximate surface area is 229 Å². The average Bonchev–Trinajstić information content (AvgIpc) is 2.80. The van der Waals surface area contributed by atoms with Gasteiger partial charge in [-0.3, -0.25) is 9.59 Å². The van der Waals surface area contributed by atoms with Gasteiger partial charge in [0.15, 0.2) is 0 Å². The Hall–Kier alpha value is -0.261. The van der Waals surface area contributed by atoms with Gasteiger partial charge in [-0.25, -0.2) is 0 Å². The molecular weight excluding hydrogens is 543 g/mol. The Morgan fingerprint density at radius 1 is 0.543 bits per heavy atom. The van der Waals surface area contributed by atoms with Crippen LogP contribution in [0, 0.1) is 11.8 Å². The fourth-order valence-electron chi connectivity index (χ4n) is 3.48. The summed E-state index contributed by atoms with van der Waals surface area (Å²) < 4.78 is 13.6. The predicted octanol–water partition coefficient (Wildman–Crippen LogP) is 9.19. The van der Waals surface area contributed by atoms with E-state index in [4.69, 9.17) is 9.47 Å². The molecule has 0 aliphatic rings. The molecule has 0 aromatic heterocycles. The van der Waals surface area contributed by atoms with Gasteiger partial charge in [0.25, 0.3) is 0 Å². The molecule has 0 heterocycles. The van der Waals surface area contributed by atoms with E-state index in [-0.39, 0.29) is 33.1 Å². The van der Waals surface area contributed by atoms with Gasteiger partial charge in [0.1, 0.15) is 0 Å². The molecule has 0 aliphatic heterocycles. The van der Waals surface area contributed by atoms with Crippen LogP contribution in [0.4, 0.5) is 0 Å². The maximum atomic E-state index is 11.6. The van der Waals surface area contributed by atoms with E-state index in [0.717, 1.165) is 37.5 Å². The summed E-state index contributed by atoms with van der Waals surface area (Å²) in [5.74, 6) is 1.66. The fraction of sp³-hybridized carbons (Fsp3) is 0.933. The molecule has 5 heteroatoms. The van der Waals surface area contributed by atoms with E-state index < -0.39 is 0 Å². The molecular formula is C30H60O4Sn. The molecule has 0 rings (SSSR count). The van der Waals surface area contributed by atoms with E-state index >= 15 is 0 Å². The van der Waals surface area contributed by atoms with Crippen LogP contribution in [0.25, 0.3) is 0 Å². The smallest absolute Gasteiger partial charge is 0.305 e. The minimum atomic E-state index is -0.140.